The Kier molecular flexibility index (Phi) is 4.84. The quantitative estimate of drug-likeness (QED) is 0.497. The van der Waals surface area contributed by atoms with Crippen LogP contribution in [0.1, 0.15) is 0 Å². The van der Waals surface area contributed by atoms with E-state index >= 15 is 0 Å². The Bertz CT molecular complexity index is 731. The lowest BCUT2D eigenvalue weighted by Gasteiger charge is -2.07. The van der Waals surface area contributed by atoms with Gasteiger partial charge in [0.2, 0.25) is 0 Å². The summed E-state index contributed by atoms with van der Waals surface area (Å²) >= 11 is 3.25. The van der Waals surface area contributed by atoms with Gasteiger partial charge in [-0.2, -0.15) is 0 Å². The van der Waals surface area contributed by atoms with Gasteiger partial charge in [-0.3, -0.25) is 19.7 Å². The Morgan fingerprint density at radius 1 is 0.955 bits per heavy atom. The number of carbonyl (C=O) groups is 2. The standard InChI is InChI=1S/C14H10BrN3O4/c15-9-5-7-10(8-6-9)16-13(19)14(20)17-11-3-1-2-4-12(11)18(21)22/h1-8H,(H,16,19)(H,17,20). The third-order valence-corrected chi connectivity index (χ3v) is 3.19. The summed E-state index contributed by atoms with van der Waals surface area (Å²) in [6.45, 7) is 0. The number of halogens is 1. The number of carbonyl (C=O) groups excluding carboxylic acids is 2. The van der Waals surface area contributed by atoms with Crippen molar-refractivity contribution in [3.63, 3.8) is 0 Å². The first-order valence-electron chi connectivity index (χ1n) is 6.08. The minimum absolute atomic E-state index is 0.0385. The molecule has 0 aromatic heterocycles. The van der Waals surface area contributed by atoms with Gasteiger partial charge >= 0.3 is 11.8 Å². The third-order valence-electron chi connectivity index (χ3n) is 2.66. The zero-order chi connectivity index (χ0) is 16.1. The van der Waals surface area contributed by atoms with E-state index in [1.165, 1.54) is 24.3 Å². The average molecular weight is 364 g/mol. The molecule has 0 atom stereocenters. The topological polar surface area (TPSA) is 101 Å². The summed E-state index contributed by atoms with van der Waals surface area (Å²) in [4.78, 5) is 33.8. The van der Waals surface area contributed by atoms with Crippen LogP contribution in [0.5, 0.6) is 0 Å². The number of nitro groups is 1. The van der Waals surface area contributed by atoms with E-state index in [-0.39, 0.29) is 11.4 Å². The van der Waals surface area contributed by atoms with Crippen LogP contribution in [0.4, 0.5) is 17.1 Å². The first-order valence-corrected chi connectivity index (χ1v) is 6.88. The highest BCUT2D eigenvalue weighted by Crippen LogP contribution is 2.23. The number of anilines is 2. The molecule has 2 rings (SSSR count). The fourth-order valence-corrected chi connectivity index (χ4v) is 1.90. The number of benzene rings is 2. The van der Waals surface area contributed by atoms with E-state index in [0.717, 1.165) is 4.47 Å². The lowest BCUT2D eigenvalue weighted by atomic mass is 10.2. The van der Waals surface area contributed by atoms with Crippen LogP contribution in [-0.2, 0) is 9.59 Å². The molecule has 22 heavy (non-hydrogen) atoms. The molecule has 2 aromatic rings. The molecule has 0 aliphatic carbocycles. The second-order valence-electron chi connectivity index (χ2n) is 4.19. The molecule has 0 aliphatic rings. The molecule has 2 N–H and O–H groups in total. The van der Waals surface area contributed by atoms with Gasteiger partial charge in [-0.15, -0.1) is 0 Å². The molecular formula is C14H10BrN3O4. The molecule has 0 unspecified atom stereocenters. The van der Waals surface area contributed by atoms with Crippen molar-refractivity contribution < 1.29 is 14.5 Å². The Hall–Kier alpha value is -2.74. The number of hydrogen-bond donors (Lipinski definition) is 2. The average Bonchev–Trinajstić information content (AvgIpc) is 2.49. The van der Waals surface area contributed by atoms with Crippen molar-refractivity contribution in [2.75, 3.05) is 10.6 Å². The number of nitrogens with zero attached hydrogens (tertiary/aromatic N) is 1. The molecular weight excluding hydrogens is 354 g/mol. The van der Waals surface area contributed by atoms with E-state index in [0.29, 0.717) is 5.69 Å². The van der Waals surface area contributed by atoms with Crippen molar-refractivity contribution in [1.29, 1.82) is 0 Å². The predicted molar refractivity (Wildman–Crippen MR) is 84.5 cm³/mol. The molecule has 0 saturated carbocycles. The summed E-state index contributed by atoms with van der Waals surface area (Å²) < 4.78 is 0.829. The molecule has 0 bridgehead atoms. The number of nitrogens with one attached hydrogen (secondary N) is 2. The van der Waals surface area contributed by atoms with Crippen molar-refractivity contribution >= 4 is 44.8 Å². The summed E-state index contributed by atoms with van der Waals surface area (Å²) in [7, 11) is 0. The van der Waals surface area contributed by atoms with Gasteiger partial charge in [0.05, 0.1) is 4.92 Å². The zero-order valence-electron chi connectivity index (χ0n) is 11.1. The van der Waals surface area contributed by atoms with Crippen molar-refractivity contribution in [2.24, 2.45) is 0 Å². The highest BCUT2D eigenvalue weighted by molar-refractivity contribution is 9.10. The van der Waals surface area contributed by atoms with E-state index in [2.05, 4.69) is 26.6 Å². The molecule has 0 fully saturated rings. The number of rotatable bonds is 3. The second-order valence-corrected chi connectivity index (χ2v) is 5.11. The number of hydrogen-bond acceptors (Lipinski definition) is 4. The maximum Gasteiger partial charge on any atom is 0.314 e. The van der Waals surface area contributed by atoms with Gasteiger partial charge in [0.15, 0.2) is 0 Å². The smallest absolute Gasteiger partial charge is 0.314 e. The summed E-state index contributed by atoms with van der Waals surface area (Å²) in [5.74, 6) is -1.90. The van der Waals surface area contributed by atoms with Gasteiger partial charge in [-0.05, 0) is 30.3 Å². The summed E-state index contributed by atoms with van der Waals surface area (Å²) in [5.41, 5.74) is 0.113. The van der Waals surface area contributed by atoms with Crippen molar-refractivity contribution in [3.05, 3.63) is 63.1 Å². The number of para-hydroxylation sites is 2. The van der Waals surface area contributed by atoms with Gasteiger partial charge in [0.1, 0.15) is 5.69 Å². The van der Waals surface area contributed by atoms with Crippen LogP contribution < -0.4 is 10.6 Å². The van der Waals surface area contributed by atoms with Gasteiger partial charge in [-0.1, -0.05) is 28.1 Å². The van der Waals surface area contributed by atoms with Crippen molar-refractivity contribution in [3.8, 4) is 0 Å². The van der Waals surface area contributed by atoms with Crippen LogP contribution in [0.15, 0.2) is 53.0 Å². The van der Waals surface area contributed by atoms with Crippen LogP contribution in [0.3, 0.4) is 0 Å². The molecule has 2 aromatic carbocycles. The van der Waals surface area contributed by atoms with Gasteiger partial charge in [0, 0.05) is 16.2 Å². The Labute approximate surface area is 133 Å². The molecule has 0 aliphatic heterocycles. The largest absolute Gasteiger partial charge is 0.318 e. The first-order chi connectivity index (χ1) is 10.5. The zero-order valence-corrected chi connectivity index (χ0v) is 12.7. The number of amides is 2. The highest BCUT2D eigenvalue weighted by Gasteiger charge is 2.19. The van der Waals surface area contributed by atoms with E-state index in [9.17, 15) is 19.7 Å². The van der Waals surface area contributed by atoms with Gasteiger partial charge < -0.3 is 10.6 Å². The van der Waals surface area contributed by atoms with Gasteiger partial charge in [-0.25, -0.2) is 0 Å². The fraction of sp³-hybridized carbons (Fsp3) is 0. The highest BCUT2D eigenvalue weighted by atomic mass is 79.9. The monoisotopic (exact) mass is 363 g/mol. The number of nitro benzene ring substituents is 1. The Morgan fingerprint density at radius 3 is 2.18 bits per heavy atom. The van der Waals surface area contributed by atoms with E-state index in [1.807, 2.05) is 0 Å². The fourth-order valence-electron chi connectivity index (χ4n) is 1.64. The van der Waals surface area contributed by atoms with E-state index in [1.54, 1.807) is 24.3 Å². The maximum absolute atomic E-state index is 11.8. The summed E-state index contributed by atoms with van der Waals surface area (Å²) in [6, 6.07) is 12.2. The second kappa shape index (κ2) is 6.81. The Morgan fingerprint density at radius 2 is 1.55 bits per heavy atom. The van der Waals surface area contributed by atoms with Gasteiger partial charge in [0.25, 0.3) is 5.69 Å². The van der Waals surface area contributed by atoms with Crippen LogP contribution in [0, 0.1) is 10.1 Å². The SMILES string of the molecule is O=C(Nc1ccc(Br)cc1)C(=O)Nc1ccccc1[N+](=O)[O-]. The molecule has 0 saturated heterocycles. The Balaban J connectivity index is 2.07. The van der Waals surface area contributed by atoms with E-state index < -0.39 is 16.7 Å². The van der Waals surface area contributed by atoms with Crippen molar-refractivity contribution in [2.45, 2.75) is 0 Å². The van der Waals surface area contributed by atoms with Crippen LogP contribution in [0.2, 0.25) is 0 Å². The third kappa shape index (κ3) is 3.89. The lowest BCUT2D eigenvalue weighted by molar-refractivity contribution is -0.383. The minimum Gasteiger partial charge on any atom is -0.318 e. The summed E-state index contributed by atoms with van der Waals surface area (Å²) in [5, 5.41) is 15.5. The van der Waals surface area contributed by atoms with Crippen molar-refractivity contribution in [1.82, 2.24) is 0 Å². The normalized spacial score (nSPS) is 9.86. The predicted octanol–water partition coefficient (Wildman–Crippen LogP) is 2.93. The molecule has 0 heterocycles. The van der Waals surface area contributed by atoms with Crippen LogP contribution in [0.25, 0.3) is 0 Å². The van der Waals surface area contributed by atoms with E-state index in [4.69, 9.17) is 0 Å². The molecule has 0 radical (unpaired) electrons. The maximum atomic E-state index is 11.8. The first kappa shape index (κ1) is 15.6. The lowest BCUT2D eigenvalue weighted by Crippen LogP contribution is -2.29. The summed E-state index contributed by atoms with van der Waals surface area (Å²) in [6.07, 6.45) is 0. The molecule has 2 amide bonds. The molecule has 7 nitrogen and oxygen atoms in total. The molecule has 112 valence electrons. The van der Waals surface area contributed by atoms with Crippen LogP contribution >= 0.6 is 15.9 Å². The molecule has 0 spiro atoms. The molecule has 8 heteroatoms. The van der Waals surface area contributed by atoms with Crippen LogP contribution in [-0.4, -0.2) is 16.7 Å². The minimum atomic E-state index is -0.989.